The molecule has 1 aromatic carbocycles. The first-order valence-corrected chi connectivity index (χ1v) is 5.11. The summed E-state index contributed by atoms with van der Waals surface area (Å²) in [6.07, 6.45) is -2.70. The molecule has 16 heavy (non-hydrogen) atoms. The highest BCUT2D eigenvalue weighted by atomic mass is 35.5. The van der Waals surface area contributed by atoms with Crippen LogP contribution in [0.25, 0.3) is 0 Å². The van der Waals surface area contributed by atoms with E-state index in [-0.39, 0.29) is 28.5 Å². The van der Waals surface area contributed by atoms with Gasteiger partial charge < -0.3 is 4.74 Å². The van der Waals surface area contributed by atoms with Crippen LogP contribution in [0.4, 0.5) is 8.78 Å². The molecule has 0 bridgehead atoms. The number of carbonyl (C=O) groups is 1. The average Bonchev–Trinajstić information content (AvgIpc) is 2.17. The van der Waals surface area contributed by atoms with Gasteiger partial charge in [-0.25, -0.2) is 8.78 Å². The van der Waals surface area contributed by atoms with Gasteiger partial charge in [0.1, 0.15) is 5.75 Å². The molecule has 0 aliphatic rings. The summed E-state index contributed by atoms with van der Waals surface area (Å²) in [5, 5.41) is 0.125. The quantitative estimate of drug-likeness (QED) is 0.756. The molecule has 0 saturated heterocycles. The van der Waals surface area contributed by atoms with Crippen LogP contribution in [0.15, 0.2) is 12.1 Å². The molecule has 0 fully saturated rings. The Hall–Kier alpha value is -1.16. The van der Waals surface area contributed by atoms with Crippen LogP contribution in [0.5, 0.6) is 5.75 Å². The second-order valence-corrected chi connectivity index (χ2v) is 3.54. The van der Waals surface area contributed by atoms with Gasteiger partial charge in [-0.15, -0.1) is 0 Å². The highest BCUT2D eigenvalue weighted by molar-refractivity contribution is 6.34. The van der Waals surface area contributed by atoms with Gasteiger partial charge >= 0.3 is 0 Å². The normalized spacial score (nSPS) is 10.6. The summed E-state index contributed by atoms with van der Waals surface area (Å²) >= 11 is 5.79. The molecule has 0 amide bonds. The van der Waals surface area contributed by atoms with Crippen molar-refractivity contribution in [3.05, 3.63) is 28.3 Å². The summed E-state index contributed by atoms with van der Waals surface area (Å²) < 4.78 is 30.5. The number of Topliss-reactive ketones (excluding diaryl/α,β-unsaturated/α-hetero) is 1. The minimum Gasteiger partial charge on any atom is -0.493 e. The summed E-state index contributed by atoms with van der Waals surface area (Å²) in [6, 6.07) is 2.45. The second-order valence-electron chi connectivity index (χ2n) is 3.13. The zero-order valence-electron chi connectivity index (χ0n) is 8.89. The van der Waals surface area contributed by atoms with Gasteiger partial charge in [-0.05, 0) is 26.0 Å². The number of benzene rings is 1. The Morgan fingerprint density at radius 1 is 1.50 bits per heavy atom. The topological polar surface area (TPSA) is 26.3 Å². The highest BCUT2D eigenvalue weighted by Crippen LogP contribution is 2.36. The van der Waals surface area contributed by atoms with Gasteiger partial charge in [-0.2, -0.15) is 0 Å². The molecule has 0 atom stereocenters. The van der Waals surface area contributed by atoms with E-state index in [0.29, 0.717) is 0 Å². The standard InChI is InChI=1S/C11H11ClF2O2/c1-3-16-10-7(11(13)14)4-5-8(12)9(10)6(2)15/h4-5,11H,3H2,1-2H3. The van der Waals surface area contributed by atoms with E-state index < -0.39 is 12.2 Å². The largest absolute Gasteiger partial charge is 0.493 e. The molecule has 1 aromatic rings. The van der Waals surface area contributed by atoms with Gasteiger partial charge in [0.2, 0.25) is 0 Å². The first-order valence-electron chi connectivity index (χ1n) is 4.73. The van der Waals surface area contributed by atoms with Crippen molar-refractivity contribution < 1.29 is 18.3 Å². The summed E-state index contributed by atoms with van der Waals surface area (Å²) in [4.78, 5) is 11.3. The lowest BCUT2D eigenvalue weighted by Crippen LogP contribution is -2.05. The third kappa shape index (κ3) is 2.50. The number of halogens is 3. The van der Waals surface area contributed by atoms with E-state index in [4.69, 9.17) is 16.3 Å². The van der Waals surface area contributed by atoms with Crippen molar-refractivity contribution in [3.8, 4) is 5.75 Å². The number of ketones is 1. The minimum atomic E-state index is -2.70. The minimum absolute atomic E-state index is 0.0151. The predicted molar refractivity (Wildman–Crippen MR) is 57.6 cm³/mol. The van der Waals surface area contributed by atoms with Crippen LogP contribution >= 0.6 is 11.6 Å². The van der Waals surface area contributed by atoms with Gasteiger partial charge in [-0.1, -0.05) is 11.6 Å². The van der Waals surface area contributed by atoms with Crippen LogP contribution in [-0.2, 0) is 0 Å². The van der Waals surface area contributed by atoms with E-state index in [1.807, 2.05) is 0 Å². The molecule has 0 aliphatic carbocycles. The molecule has 0 spiro atoms. The van der Waals surface area contributed by atoms with E-state index in [1.165, 1.54) is 19.1 Å². The fourth-order valence-electron chi connectivity index (χ4n) is 1.37. The maximum absolute atomic E-state index is 12.7. The van der Waals surface area contributed by atoms with Crippen molar-refractivity contribution >= 4 is 17.4 Å². The number of hydrogen-bond donors (Lipinski definition) is 0. The number of rotatable bonds is 4. The Morgan fingerprint density at radius 2 is 2.12 bits per heavy atom. The van der Waals surface area contributed by atoms with Crippen molar-refractivity contribution in [2.45, 2.75) is 20.3 Å². The Kier molecular flexibility index (Phi) is 4.24. The highest BCUT2D eigenvalue weighted by Gasteiger charge is 2.22. The lowest BCUT2D eigenvalue weighted by Gasteiger charge is -2.14. The van der Waals surface area contributed by atoms with Crippen LogP contribution in [0.2, 0.25) is 5.02 Å². The Bertz CT molecular complexity index is 405. The number of carbonyl (C=O) groups excluding carboxylic acids is 1. The monoisotopic (exact) mass is 248 g/mol. The molecule has 0 saturated carbocycles. The van der Waals surface area contributed by atoms with Crippen LogP contribution in [0.3, 0.4) is 0 Å². The van der Waals surface area contributed by atoms with E-state index >= 15 is 0 Å². The number of hydrogen-bond acceptors (Lipinski definition) is 2. The molecular formula is C11H11ClF2O2. The molecule has 0 aliphatic heterocycles. The lowest BCUT2D eigenvalue weighted by molar-refractivity contribution is 0.101. The van der Waals surface area contributed by atoms with Crippen LogP contribution in [0.1, 0.15) is 36.2 Å². The molecule has 0 radical (unpaired) electrons. The molecule has 0 unspecified atom stereocenters. The predicted octanol–water partition coefficient (Wildman–Crippen LogP) is 3.88. The number of alkyl halides is 2. The first-order chi connectivity index (χ1) is 7.49. The maximum atomic E-state index is 12.7. The summed E-state index contributed by atoms with van der Waals surface area (Å²) in [5.74, 6) is -0.506. The van der Waals surface area contributed by atoms with Gasteiger partial charge in [-0.3, -0.25) is 4.79 Å². The Morgan fingerprint density at radius 3 is 2.56 bits per heavy atom. The van der Waals surface area contributed by atoms with Crippen LogP contribution in [-0.4, -0.2) is 12.4 Å². The van der Waals surface area contributed by atoms with E-state index in [1.54, 1.807) is 6.92 Å². The SMILES string of the molecule is CCOc1c(C(F)F)ccc(Cl)c1C(C)=O. The molecule has 5 heteroatoms. The van der Waals surface area contributed by atoms with E-state index in [9.17, 15) is 13.6 Å². The van der Waals surface area contributed by atoms with Crippen molar-refractivity contribution in [1.82, 2.24) is 0 Å². The molecule has 2 nitrogen and oxygen atoms in total. The Labute approximate surface area is 97.2 Å². The Balaban J connectivity index is 3.43. The molecule has 0 aromatic heterocycles. The zero-order valence-corrected chi connectivity index (χ0v) is 9.65. The fourth-order valence-corrected chi connectivity index (χ4v) is 1.66. The lowest BCUT2D eigenvalue weighted by atomic mass is 10.1. The third-order valence-corrected chi connectivity index (χ3v) is 2.33. The molecule has 88 valence electrons. The summed E-state index contributed by atoms with van der Waals surface area (Å²) in [7, 11) is 0. The fraction of sp³-hybridized carbons (Fsp3) is 0.364. The zero-order chi connectivity index (χ0) is 12.3. The molecule has 0 heterocycles. The van der Waals surface area contributed by atoms with Crippen molar-refractivity contribution in [1.29, 1.82) is 0 Å². The van der Waals surface area contributed by atoms with Gasteiger partial charge in [0.25, 0.3) is 6.43 Å². The van der Waals surface area contributed by atoms with Crippen molar-refractivity contribution in [3.63, 3.8) is 0 Å². The smallest absolute Gasteiger partial charge is 0.267 e. The van der Waals surface area contributed by atoms with Crippen LogP contribution < -0.4 is 4.74 Å². The second kappa shape index (κ2) is 5.25. The van der Waals surface area contributed by atoms with Crippen molar-refractivity contribution in [2.75, 3.05) is 6.61 Å². The molecule has 1 rings (SSSR count). The van der Waals surface area contributed by atoms with E-state index in [2.05, 4.69) is 0 Å². The summed E-state index contributed by atoms with van der Waals surface area (Å²) in [5.41, 5.74) is -0.294. The maximum Gasteiger partial charge on any atom is 0.267 e. The first kappa shape index (κ1) is 12.9. The van der Waals surface area contributed by atoms with Gasteiger partial charge in [0.05, 0.1) is 22.8 Å². The van der Waals surface area contributed by atoms with Gasteiger partial charge in [0, 0.05) is 0 Å². The molecular weight excluding hydrogens is 238 g/mol. The molecule has 0 N–H and O–H groups in total. The average molecular weight is 249 g/mol. The third-order valence-electron chi connectivity index (χ3n) is 2.01. The van der Waals surface area contributed by atoms with E-state index in [0.717, 1.165) is 0 Å². The number of ether oxygens (including phenoxy) is 1. The van der Waals surface area contributed by atoms with Crippen LogP contribution in [0, 0.1) is 0 Å². The summed E-state index contributed by atoms with van der Waals surface area (Å²) in [6.45, 7) is 3.11. The van der Waals surface area contributed by atoms with Gasteiger partial charge in [0.15, 0.2) is 5.78 Å². The van der Waals surface area contributed by atoms with Crippen molar-refractivity contribution in [2.24, 2.45) is 0 Å².